The van der Waals surface area contributed by atoms with Crippen molar-refractivity contribution < 1.29 is 14.6 Å². The van der Waals surface area contributed by atoms with Gasteiger partial charge in [-0.05, 0) is 30.9 Å². The maximum atomic E-state index is 9.43. The number of nitrogens with one attached hydrogen (secondary N) is 1. The lowest BCUT2D eigenvalue weighted by Gasteiger charge is -2.19. The van der Waals surface area contributed by atoms with Crippen LogP contribution in [0.25, 0.3) is 0 Å². The van der Waals surface area contributed by atoms with Crippen molar-refractivity contribution in [1.29, 1.82) is 0 Å². The van der Waals surface area contributed by atoms with Gasteiger partial charge in [-0.15, -0.1) is 0 Å². The number of hydrogen-bond donors (Lipinski definition) is 2. The normalized spacial score (nSPS) is 29.2. The van der Waals surface area contributed by atoms with Crippen LogP contribution in [-0.2, 0) is 4.74 Å². The largest absolute Gasteiger partial charge is 0.508 e. The summed E-state index contributed by atoms with van der Waals surface area (Å²) < 4.78 is 11.3. The Morgan fingerprint density at radius 3 is 3.16 bits per heavy atom. The molecule has 4 nitrogen and oxygen atoms in total. The molecule has 0 saturated carbocycles. The number of rotatable bonds is 4. The van der Waals surface area contributed by atoms with Gasteiger partial charge in [0.15, 0.2) is 0 Å². The lowest BCUT2D eigenvalue weighted by Crippen LogP contribution is -2.31. The first-order valence-corrected chi connectivity index (χ1v) is 7.08. The van der Waals surface area contributed by atoms with Gasteiger partial charge in [-0.25, -0.2) is 0 Å². The van der Waals surface area contributed by atoms with E-state index in [1.165, 1.54) is 0 Å². The predicted molar refractivity (Wildman–Crippen MR) is 72.5 cm³/mol. The van der Waals surface area contributed by atoms with E-state index in [1.807, 2.05) is 6.07 Å². The fourth-order valence-electron chi connectivity index (χ4n) is 3.04. The molecule has 1 aromatic rings. The first kappa shape index (κ1) is 12.8. The molecule has 0 aromatic heterocycles. The summed E-state index contributed by atoms with van der Waals surface area (Å²) in [6, 6.07) is 5.58. The Balaban J connectivity index is 1.61. The molecule has 0 amide bonds. The third-order valence-electron chi connectivity index (χ3n) is 4.15. The molecule has 1 aromatic carbocycles. The van der Waals surface area contributed by atoms with E-state index in [0.29, 0.717) is 18.6 Å². The van der Waals surface area contributed by atoms with Crippen molar-refractivity contribution in [1.82, 2.24) is 5.32 Å². The summed E-state index contributed by atoms with van der Waals surface area (Å²) in [7, 11) is 0. The second-order valence-corrected chi connectivity index (χ2v) is 5.36. The van der Waals surface area contributed by atoms with Crippen molar-refractivity contribution in [2.75, 3.05) is 19.8 Å². The van der Waals surface area contributed by atoms with Gasteiger partial charge in [0, 0.05) is 24.8 Å². The van der Waals surface area contributed by atoms with Gasteiger partial charge in [0.2, 0.25) is 0 Å². The Hall–Kier alpha value is -1.26. The molecule has 0 radical (unpaired) electrons. The van der Waals surface area contributed by atoms with Crippen LogP contribution in [0.1, 0.15) is 31.4 Å². The molecule has 0 aliphatic carbocycles. The van der Waals surface area contributed by atoms with Crippen LogP contribution in [0.4, 0.5) is 0 Å². The zero-order valence-electron chi connectivity index (χ0n) is 11.3. The van der Waals surface area contributed by atoms with Gasteiger partial charge < -0.3 is 19.9 Å². The molecule has 1 fully saturated rings. The van der Waals surface area contributed by atoms with Crippen LogP contribution < -0.4 is 10.1 Å². The van der Waals surface area contributed by atoms with Gasteiger partial charge in [-0.1, -0.05) is 6.92 Å². The zero-order chi connectivity index (χ0) is 13.2. The quantitative estimate of drug-likeness (QED) is 0.874. The molecule has 3 unspecified atom stereocenters. The fourth-order valence-corrected chi connectivity index (χ4v) is 3.04. The van der Waals surface area contributed by atoms with Crippen molar-refractivity contribution in [2.24, 2.45) is 5.92 Å². The van der Waals surface area contributed by atoms with Gasteiger partial charge in [-0.3, -0.25) is 0 Å². The number of aromatic hydroxyl groups is 1. The summed E-state index contributed by atoms with van der Waals surface area (Å²) >= 11 is 0. The van der Waals surface area contributed by atoms with Crippen LogP contribution in [0.15, 0.2) is 18.2 Å². The number of benzene rings is 1. The second-order valence-electron chi connectivity index (χ2n) is 5.36. The molecule has 4 heteroatoms. The topological polar surface area (TPSA) is 50.7 Å². The highest BCUT2D eigenvalue weighted by Crippen LogP contribution is 2.35. The van der Waals surface area contributed by atoms with E-state index in [2.05, 4.69) is 12.2 Å². The van der Waals surface area contributed by atoms with Gasteiger partial charge >= 0.3 is 0 Å². The van der Waals surface area contributed by atoms with Crippen LogP contribution in [0.2, 0.25) is 0 Å². The molecule has 0 bridgehead atoms. The molecular weight excluding hydrogens is 242 g/mol. The lowest BCUT2D eigenvalue weighted by molar-refractivity contribution is 0.0863. The Morgan fingerprint density at radius 1 is 1.42 bits per heavy atom. The van der Waals surface area contributed by atoms with Crippen molar-refractivity contribution >= 4 is 0 Å². The fraction of sp³-hybridized carbons (Fsp3) is 0.600. The molecule has 2 N–H and O–H groups in total. The minimum atomic E-state index is 0.230. The number of fused-ring (bicyclic) bond motifs is 1. The summed E-state index contributed by atoms with van der Waals surface area (Å²) in [5.41, 5.74) is 1.14. The first-order valence-electron chi connectivity index (χ1n) is 7.08. The van der Waals surface area contributed by atoms with Gasteiger partial charge in [0.1, 0.15) is 18.1 Å². The molecule has 0 spiro atoms. The molecule has 3 atom stereocenters. The van der Waals surface area contributed by atoms with Crippen LogP contribution in [0.5, 0.6) is 11.5 Å². The van der Waals surface area contributed by atoms with Crippen molar-refractivity contribution in [2.45, 2.75) is 31.9 Å². The molecule has 19 heavy (non-hydrogen) atoms. The highest BCUT2D eigenvalue weighted by atomic mass is 16.5. The maximum absolute atomic E-state index is 9.43. The Bertz CT molecular complexity index is 449. The number of phenols is 1. The Morgan fingerprint density at radius 2 is 2.32 bits per heavy atom. The number of hydrogen-bond acceptors (Lipinski definition) is 4. The molecule has 3 rings (SSSR count). The molecule has 2 aliphatic rings. The minimum absolute atomic E-state index is 0.230. The van der Waals surface area contributed by atoms with E-state index < -0.39 is 0 Å². The zero-order valence-corrected chi connectivity index (χ0v) is 11.3. The monoisotopic (exact) mass is 263 g/mol. The van der Waals surface area contributed by atoms with Crippen molar-refractivity contribution in [3.63, 3.8) is 0 Å². The van der Waals surface area contributed by atoms with E-state index in [9.17, 15) is 5.11 Å². The summed E-state index contributed by atoms with van der Waals surface area (Å²) in [5.74, 6) is 1.66. The third-order valence-corrected chi connectivity index (χ3v) is 4.15. The summed E-state index contributed by atoms with van der Waals surface area (Å²) in [4.78, 5) is 0. The maximum Gasteiger partial charge on any atom is 0.127 e. The summed E-state index contributed by atoms with van der Waals surface area (Å²) in [6.07, 6.45) is 2.62. The molecule has 2 aliphatic heterocycles. The van der Waals surface area contributed by atoms with Crippen molar-refractivity contribution in [3.8, 4) is 11.5 Å². The molecule has 2 heterocycles. The Kier molecular flexibility index (Phi) is 3.62. The van der Waals surface area contributed by atoms with E-state index >= 15 is 0 Å². The molecular formula is C15H21NO3. The standard InChI is InChI=1S/C15H21NO3/c1-2-14-10(5-6-18-14)8-16-13-9-19-15-7-11(17)3-4-12(13)15/h3-4,7,10,13-14,16-17H,2,5-6,8-9H2,1H3. The van der Waals surface area contributed by atoms with Gasteiger partial charge in [0.05, 0.1) is 12.1 Å². The van der Waals surface area contributed by atoms with Gasteiger partial charge in [-0.2, -0.15) is 0 Å². The summed E-state index contributed by atoms with van der Waals surface area (Å²) in [6.45, 7) is 4.67. The second kappa shape index (κ2) is 5.39. The lowest BCUT2D eigenvalue weighted by atomic mass is 9.98. The third kappa shape index (κ3) is 2.55. The van der Waals surface area contributed by atoms with Crippen LogP contribution in [-0.4, -0.2) is 31.0 Å². The Labute approximate surface area is 113 Å². The van der Waals surface area contributed by atoms with E-state index in [1.54, 1.807) is 12.1 Å². The average Bonchev–Trinajstić information content (AvgIpc) is 3.01. The first-order chi connectivity index (χ1) is 9.28. The van der Waals surface area contributed by atoms with E-state index in [-0.39, 0.29) is 11.8 Å². The van der Waals surface area contributed by atoms with E-state index in [0.717, 1.165) is 37.3 Å². The van der Waals surface area contributed by atoms with Crippen LogP contribution >= 0.6 is 0 Å². The average molecular weight is 263 g/mol. The van der Waals surface area contributed by atoms with Crippen LogP contribution in [0.3, 0.4) is 0 Å². The highest BCUT2D eigenvalue weighted by molar-refractivity contribution is 5.44. The smallest absolute Gasteiger partial charge is 0.127 e. The number of phenolic OH excluding ortho intramolecular Hbond substituents is 1. The highest BCUT2D eigenvalue weighted by Gasteiger charge is 2.29. The predicted octanol–water partition coefficient (Wildman–Crippen LogP) is 2.23. The van der Waals surface area contributed by atoms with E-state index in [4.69, 9.17) is 9.47 Å². The number of ether oxygens (including phenoxy) is 2. The van der Waals surface area contributed by atoms with Crippen molar-refractivity contribution in [3.05, 3.63) is 23.8 Å². The SMILES string of the molecule is CCC1OCCC1CNC1COc2cc(O)ccc21. The van der Waals surface area contributed by atoms with Gasteiger partial charge in [0.25, 0.3) is 0 Å². The molecule has 1 saturated heterocycles. The van der Waals surface area contributed by atoms with Crippen LogP contribution in [0, 0.1) is 5.92 Å². The molecule has 104 valence electrons. The minimum Gasteiger partial charge on any atom is -0.508 e. The summed E-state index contributed by atoms with van der Waals surface area (Å²) in [5, 5.41) is 13.0.